The van der Waals surface area contributed by atoms with E-state index in [-0.39, 0.29) is 19.0 Å². The van der Waals surface area contributed by atoms with Gasteiger partial charge in [0.05, 0.1) is 18.0 Å². The van der Waals surface area contributed by atoms with Crippen molar-refractivity contribution in [3.63, 3.8) is 0 Å². The molecule has 0 atom stereocenters. The summed E-state index contributed by atoms with van der Waals surface area (Å²) in [5.74, 6) is 0.108. The smallest absolute Gasteiger partial charge is 0.292 e. The molecule has 0 saturated carbocycles. The van der Waals surface area contributed by atoms with Crippen LogP contribution >= 0.6 is 0 Å². The largest absolute Gasteiger partial charge is 0.401 e. The van der Waals surface area contributed by atoms with Crippen molar-refractivity contribution in [2.75, 3.05) is 19.6 Å². The molecule has 0 unspecified atom stereocenters. The maximum absolute atomic E-state index is 12.0. The topological polar surface area (TPSA) is 27.0 Å². The summed E-state index contributed by atoms with van der Waals surface area (Å²) in [7, 11) is 0. The molecule has 0 radical (unpaired) electrons. The first kappa shape index (κ1) is 11.3. The van der Waals surface area contributed by atoms with E-state index in [2.05, 4.69) is 6.07 Å². The van der Waals surface area contributed by atoms with E-state index in [9.17, 15) is 13.2 Å². The van der Waals surface area contributed by atoms with Crippen LogP contribution in [-0.4, -0.2) is 30.7 Å². The van der Waals surface area contributed by atoms with Gasteiger partial charge in [-0.25, -0.2) is 0 Å². The quantitative estimate of drug-likeness (QED) is 0.691. The molecule has 0 aromatic heterocycles. The van der Waals surface area contributed by atoms with E-state index in [1.54, 1.807) is 0 Å². The minimum atomic E-state index is -4.15. The molecular weight excluding hydrogens is 193 g/mol. The van der Waals surface area contributed by atoms with Crippen LogP contribution in [0.15, 0.2) is 0 Å². The minimum absolute atomic E-state index is 0.108. The highest BCUT2D eigenvalue weighted by Gasteiger charge is 2.48. The van der Waals surface area contributed by atoms with Gasteiger partial charge in [0.15, 0.2) is 0 Å². The van der Waals surface area contributed by atoms with Gasteiger partial charge in [-0.05, 0) is 5.92 Å². The second-order valence-corrected chi connectivity index (χ2v) is 4.18. The van der Waals surface area contributed by atoms with E-state index in [1.165, 1.54) is 4.90 Å². The highest BCUT2D eigenvalue weighted by atomic mass is 19.4. The first-order valence-electron chi connectivity index (χ1n) is 4.49. The predicted octanol–water partition coefficient (Wildman–Crippen LogP) is 2.03. The Hall–Kier alpha value is -0.760. The van der Waals surface area contributed by atoms with Gasteiger partial charge in [-0.1, -0.05) is 13.8 Å². The van der Waals surface area contributed by atoms with E-state index >= 15 is 0 Å². The average Bonchev–Trinajstić information content (AvgIpc) is 1.92. The fourth-order valence-corrected chi connectivity index (χ4v) is 1.68. The third-order valence-corrected chi connectivity index (χ3v) is 2.74. The normalized spacial score (nSPS) is 21.8. The maximum Gasteiger partial charge on any atom is 0.401 e. The molecular formula is C9H13F3N2. The lowest BCUT2D eigenvalue weighted by Gasteiger charge is -2.48. The van der Waals surface area contributed by atoms with Crippen LogP contribution in [0.4, 0.5) is 13.2 Å². The van der Waals surface area contributed by atoms with Gasteiger partial charge in [0.25, 0.3) is 0 Å². The molecule has 0 aromatic carbocycles. The Morgan fingerprint density at radius 2 is 1.93 bits per heavy atom. The zero-order valence-corrected chi connectivity index (χ0v) is 8.23. The minimum Gasteiger partial charge on any atom is -0.292 e. The Morgan fingerprint density at radius 3 is 2.21 bits per heavy atom. The number of hydrogen-bond acceptors (Lipinski definition) is 2. The Morgan fingerprint density at radius 1 is 1.43 bits per heavy atom. The SMILES string of the molecule is CC(C)C1(C#N)CN(CC(F)(F)F)C1. The Kier molecular flexibility index (Phi) is 2.77. The first-order chi connectivity index (χ1) is 6.29. The molecule has 1 aliphatic heterocycles. The summed E-state index contributed by atoms with van der Waals surface area (Å²) < 4.78 is 35.9. The van der Waals surface area contributed by atoms with E-state index in [4.69, 9.17) is 5.26 Å². The summed E-state index contributed by atoms with van der Waals surface area (Å²) in [4.78, 5) is 1.27. The van der Waals surface area contributed by atoms with Crippen LogP contribution in [0.2, 0.25) is 0 Å². The number of halogens is 3. The molecule has 1 rings (SSSR count). The molecule has 0 amide bonds. The fourth-order valence-electron chi connectivity index (χ4n) is 1.68. The fraction of sp³-hybridized carbons (Fsp3) is 0.889. The molecule has 14 heavy (non-hydrogen) atoms. The van der Waals surface area contributed by atoms with Crippen molar-refractivity contribution in [3.05, 3.63) is 0 Å². The molecule has 2 nitrogen and oxygen atoms in total. The van der Waals surface area contributed by atoms with E-state index in [1.807, 2.05) is 13.8 Å². The Bertz CT molecular complexity index is 246. The van der Waals surface area contributed by atoms with Crippen LogP contribution in [0.1, 0.15) is 13.8 Å². The average molecular weight is 206 g/mol. The number of hydrogen-bond donors (Lipinski definition) is 0. The van der Waals surface area contributed by atoms with Crippen LogP contribution < -0.4 is 0 Å². The second-order valence-electron chi connectivity index (χ2n) is 4.18. The molecule has 0 spiro atoms. The Balaban J connectivity index is 2.47. The third kappa shape index (κ3) is 2.18. The van der Waals surface area contributed by atoms with Crippen molar-refractivity contribution < 1.29 is 13.2 Å². The molecule has 1 fully saturated rings. The van der Waals surface area contributed by atoms with E-state index < -0.39 is 18.1 Å². The van der Waals surface area contributed by atoms with Gasteiger partial charge in [-0.3, -0.25) is 4.90 Å². The molecule has 1 aliphatic rings. The molecule has 0 bridgehead atoms. The van der Waals surface area contributed by atoms with Crippen molar-refractivity contribution in [1.82, 2.24) is 4.90 Å². The van der Waals surface area contributed by atoms with Crippen LogP contribution in [0.3, 0.4) is 0 Å². The van der Waals surface area contributed by atoms with Gasteiger partial charge in [0.2, 0.25) is 0 Å². The lowest BCUT2D eigenvalue weighted by atomic mass is 9.72. The summed E-state index contributed by atoms with van der Waals surface area (Å²) >= 11 is 0. The summed E-state index contributed by atoms with van der Waals surface area (Å²) in [6, 6.07) is 2.12. The second kappa shape index (κ2) is 3.43. The lowest BCUT2D eigenvalue weighted by Crippen LogP contribution is -2.60. The predicted molar refractivity (Wildman–Crippen MR) is 45.4 cm³/mol. The maximum atomic E-state index is 12.0. The number of rotatable bonds is 2. The van der Waals surface area contributed by atoms with Crippen molar-refractivity contribution in [3.8, 4) is 6.07 Å². The van der Waals surface area contributed by atoms with Crippen LogP contribution in [0, 0.1) is 22.7 Å². The van der Waals surface area contributed by atoms with Crippen LogP contribution in [0.5, 0.6) is 0 Å². The number of nitrogens with zero attached hydrogens (tertiary/aromatic N) is 2. The standard InChI is InChI=1S/C9H13F3N2/c1-7(2)8(3-13)4-14(5-8)6-9(10,11)12/h7H,4-6H2,1-2H3. The van der Waals surface area contributed by atoms with E-state index in [0.717, 1.165) is 0 Å². The zero-order chi connectivity index (χ0) is 11.0. The lowest BCUT2D eigenvalue weighted by molar-refractivity contribution is -0.167. The molecule has 1 heterocycles. The van der Waals surface area contributed by atoms with Gasteiger partial charge < -0.3 is 0 Å². The highest BCUT2D eigenvalue weighted by molar-refractivity contribution is 5.11. The summed E-state index contributed by atoms with van der Waals surface area (Å²) in [6.07, 6.45) is -4.15. The van der Waals surface area contributed by atoms with Gasteiger partial charge >= 0.3 is 6.18 Å². The van der Waals surface area contributed by atoms with Gasteiger partial charge in [-0.15, -0.1) is 0 Å². The Labute approximate surface area is 81.3 Å². The monoisotopic (exact) mass is 206 g/mol. The third-order valence-electron chi connectivity index (χ3n) is 2.74. The number of nitriles is 1. The van der Waals surface area contributed by atoms with E-state index in [0.29, 0.717) is 0 Å². The van der Waals surface area contributed by atoms with Crippen molar-refractivity contribution in [2.45, 2.75) is 20.0 Å². The van der Waals surface area contributed by atoms with Gasteiger partial charge in [0, 0.05) is 13.1 Å². The molecule has 0 aromatic rings. The van der Waals surface area contributed by atoms with Crippen molar-refractivity contribution >= 4 is 0 Å². The molecule has 5 heteroatoms. The van der Waals surface area contributed by atoms with Crippen LogP contribution in [-0.2, 0) is 0 Å². The zero-order valence-electron chi connectivity index (χ0n) is 8.23. The van der Waals surface area contributed by atoms with Crippen LogP contribution in [0.25, 0.3) is 0 Å². The molecule has 0 N–H and O–H groups in total. The van der Waals surface area contributed by atoms with Gasteiger partial charge in [0.1, 0.15) is 0 Å². The molecule has 0 aliphatic carbocycles. The van der Waals surface area contributed by atoms with Gasteiger partial charge in [-0.2, -0.15) is 18.4 Å². The number of likely N-dealkylation sites (tertiary alicyclic amines) is 1. The summed E-state index contributed by atoms with van der Waals surface area (Å²) in [6.45, 7) is 3.31. The van der Waals surface area contributed by atoms with Crippen molar-refractivity contribution in [1.29, 1.82) is 5.26 Å². The first-order valence-corrected chi connectivity index (χ1v) is 4.49. The molecule has 1 saturated heterocycles. The summed E-state index contributed by atoms with van der Waals surface area (Å²) in [5, 5.41) is 8.87. The molecule has 80 valence electrons. The summed E-state index contributed by atoms with van der Waals surface area (Å²) in [5.41, 5.74) is -0.564. The van der Waals surface area contributed by atoms with Crippen molar-refractivity contribution in [2.24, 2.45) is 11.3 Å². The number of alkyl halides is 3. The highest BCUT2D eigenvalue weighted by Crippen LogP contribution is 2.38.